The zero-order valence-corrected chi connectivity index (χ0v) is 12.4. The molecule has 0 unspecified atom stereocenters. The van der Waals surface area contributed by atoms with E-state index in [9.17, 15) is 13.2 Å². The Balaban J connectivity index is 2.35. The van der Waals surface area contributed by atoms with Gasteiger partial charge in [-0.25, -0.2) is 13.1 Å². The third-order valence-corrected chi connectivity index (χ3v) is 4.49. The second-order valence-electron chi connectivity index (χ2n) is 4.55. The van der Waals surface area contributed by atoms with E-state index < -0.39 is 10.0 Å². The molecule has 0 saturated heterocycles. The van der Waals surface area contributed by atoms with Gasteiger partial charge in [0.05, 0.1) is 17.1 Å². The number of benzene rings is 1. The molecule has 1 heterocycles. The highest BCUT2D eigenvalue weighted by molar-refractivity contribution is 7.89. The van der Waals surface area contributed by atoms with Crippen LogP contribution in [0.3, 0.4) is 0 Å². The van der Waals surface area contributed by atoms with E-state index in [2.05, 4.69) is 4.72 Å². The Kier molecular flexibility index (Phi) is 4.29. The van der Waals surface area contributed by atoms with Gasteiger partial charge in [-0.3, -0.25) is 4.79 Å². The van der Waals surface area contributed by atoms with Crippen LogP contribution >= 0.6 is 0 Å². The number of carbonyl (C=O) groups excluding carboxylic acids is 1. The minimum absolute atomic E-state index is 0.0886. The van der Waals surface area contributed by atoms with Gasteiger partial charge < -0.3 is 9.64 Å². The number of nitrogens with one attached hydrogen (secondary N) is 1. The number of hydrogen-bond acceptors (Lipinski definition) is 4. The molecule has 0 aromatic heterocycles. The fourth-order valence-corrected chi connectivity index (χ4v) is 3.16. The van der Waals surface area contributed by atoms with Crippen LogP contribution in [-0.2, 0) is 14.8 Å². The average Bonchev–Trinajstić information content (AvgIpc) is 2.43. The summed E-state index contributed by atoms with van der Waals surface area (Å²) in [5, 5.41) is 0. The van der Waals surface area contributed by atoms with Gasteiger partial charge in [-0.15, -0.1) is 0 Å². The molecule has 6 nitrogen and oxygen atoms in total. The smallest absolute Gasteiger partial charge is 0.240 e. The first-order valence-corrected chi connectivity index (χ1v) is 7.98. The van der Waals surface area contributed by atoms with Gasteiger partial charge in [-0.05, 0) is 18.6 Å². The summed E-state index contributed by atoms with van der Waals surface area (Å²) in [5.41, 5.74) is 0.609. The van der Waals surface area contributed by atoms with Gasteiger partial charge in [-0.2, -0.15) is 0 Å². The van der Waals surface area contributed by atoms with Crippen molar-refractivity contribution in [2.75, 3.05) is 24.6 Å². The van der Waals surface area contributed by atoms with Crippen LogP contribution in [0.25, 0.3) is 0 Å². The van der Waals surface area contributed by atoms with E-state index in [4.69, 9.17) is 4.74 Å². The topological polar surface area (TPSA) is 75.7 Å². The van der Waals surface area contributed by atoms with Crippen molar-refractivity contribution in [1.82, 2.24) is 4.72 Å². The van der Waals surface area contributed by atoms with Crippen molar-refractivity contribution in [2.24, 2.45) is 0 Å². The Hall–Kier alpha value is -1.60. The summed E-state index contributed by atoms with van der Waals surface area (Å²) in [6.07, 6.45) is 0.721. The fourth-order valence-electron chi connectivity index (χ4n) is 2.01. The van der Waals surface area contributed by atoms with Gasteiger partial charge in [0.25, 0.3) is 0 Å². The highest BCUT2D eigenvalue weighted by atomic mass is 32.2. The van der Waals surface area contributed by atoms with Crippen LogP contribution in [0.4, 0.5) is 5.69 Å². The Morgan fingerprint density at radius 3 is 2.85 bits per heavy atom. The van der Waals surface area contributed by atoms with Crippen LogP contribution in [0.15, 0.2) is 23.1 Å². The molecule has 7 heteroatoms. The normalized spacial score (nSPS) is 14.6. The summed E-state index contributed by atoms with van der Waals surface area (Å²) in [6, 6.07) is 4.56. The van der Waals surface area contributed by atoms with Crippen molar-refractivity contribution in [2.45, 2.75) is 25.2 Å². The van der Waals surface area contributed by atoms with Gasteiger partial charge >= 0.3 is 0 Å². The lowest BCUT2D eigenvalue weighted by atomic mass is 10.2. The highest BCUT2D eigenvalue weighted by Gasteiger charge is 2.23. The SMILES string of the molecule is CCCNS(=O)(=O)c1ccc2c(c1)OCCN2C(C)=O. The van der Waals surface area contributed by atoms with Crippen molar-refractivity contribution in [3.05, 3.63) is 18.2 Å². The molecule has 1 aromatic rings. The Morgan fingerprint density at radius 2 is 2.20 bits per heavy atom. The van der Waals surface area contributed by atoms with Crippen molar-refractivity contribution in [1.29, 1.82) is 0 Å². The lowest BCUT2D eigenvalue weighted by molar-refractivity contribution is -0.116. The number of anilines is 1. The van der Waals surface area contributed by atoms with Gasteiger partial charge in [0, 0.05) is 19.5 Å². The van der Waals surface area contributed by atoms with Gasteiger partial charge in [-0.1, -0.05) is 6.92 Å². The van der Waals surface area contributed by atoms with E-state index in [1.54, 1.807) is 11.0 Å². The van der Waals surface area contributed by atoms with E-state index in [1.807, 2.05) is 6.92 Å². The minimum Gasteiger partial charge on any atom is -0.489 e. The molecule has 0 aliphatic carbocycles. The van der Waals surface area contributed by atoms with E-state index in [1.165, 1.54) is 19.1 Å². The summed E-state index contributed by atoms with van der Waals surface area (Å²) < 4.78 is 32.1. The number of amides is 1. The molecule has 110 valence electrons. The van der Waals surface area contributed by atoms with Crippen LogP contribution < -0.4 is 14.4 Å². The van der Waals surface area contributed by atoms with Crippen molar-refractivity contribution < 1.29 is 17.9 Å². The standard InChI is InChI=1S/C13H18N2O4S/c1-3-6-14-20(17,18)11-4-5-12-13(9-11)19-8-7-15(12)10(2)16/h4-5,9,14H,3,6-8H2,1-2H3. The number of sulfonamides is 1. The van der Waals surface area contributed by atoms with Gasteiger partial charge in [0.1, 0.15) is 12.4 Å². The number of rotatable bonds is 4. The molecule has 0 spiro atoms. The summed E-state index contributed by atoms with van der Waals surface area (Å²) in [7, 11) is -3.53. The van der Waals surface area contributed by atoms with Crippen molar-refractivity contribution >= 4 is 21.6 Å². The van der Waals surface area contributed by atoms with E-state index in [0.29, 0.717) is 31.1 Å². The third kappa shape index (κ3) is 2.94. The third-order valence-electron chi connectivity index (χ3n) is 3.03. The second-order valence-corrected chi connectivity index (χ2v) is 6.31. The molecule has 1 amide bonds. The average molecular weight is 298 g/mol. The Labute approximate surface area is 118 Å². The maximum absolute atomic E-state index is 12.0. The van der Waals surface area contributed by atoms with E-state index >= 15 is 0 Å². The Bertz CT molecular complexity index is 613. The molecule has 20 heavy (non-hydrogen) atoms. The van der Waals surface area contributed by atoms with Crippen molar-refractivity contribution in [3.8, 4) is 5.75 Å². The fraction of sp³-hybridized carbons (Fsp3) is 0.462. The first-order chi connectivity index (χ1) is 9.45. The molecule has 1 aliphatic heterocycles. The number of hydrogen-bond donors (Lipinski definition) is 1. The zero-order chi connectivity index (χ0) is 14.8. The molecule has 1 aliphatic rings. The number of nitrogens with zero attached hydrogens (tertiary/aromatic N) is 1. The molecule has 0 atom stereocenters. The molecular formula is C13H18N2O4S. The lowest BCUT2D eigenvalue weighted by Crippen LogP contribution is -2.36. The predicted molar refractivity (Wildman–Crippen MR) is 75.4 cm³/mol. The summed E-state index contributed by atoms with van der Waals surface area (Å²) in [4.78, 5) is 13.3. The van der Waals surface area contributed by atoms with Crippen LogP contribution in [-0.4, -0.2) is 34.0 Å². The summed E-state index contributed by atoms with van der Waals surface area (Å²) in [6.45, 7) is 4.59. The quantitative estimate of drug-likeness (QED) is 0.904. The van der Waals surface area contributed by atoms with Crippen LogP contribution in [0.5, 0.6) is 5.75 Å². The number of ether oxygens (including phenoxy) is 1. The van der Waals surface area contributed by atoms with E-state index in [0.717, 1.165) is 6.42 Å². The maximum Gasteiger partial charge on any atom is 0.240 e. The molecule has 0 radical (unpaired) electrons. The van der Waals surface area contributed by atoms with Crippen molar-refractivity contribution in [3.63, 3.8) is 0 Å². The predicted octanol–water partition coefficient (Wildman–Crippen LogP) is 1.12. The highest BCUT2D eigenvalue weighted by Crippen LogP contribution is 2.33. The molecule has 1 aromatic carbocycles. The molecule has 1 N–H and O–H groups in total. The first-order valence-electron chi connectivity index (χ1n) is 6.50. The van der Waals surface area contributed by atoms with Crippen LogP contribution in [0, 0.1) is 0 Å². The number of fused-ring (bicyclic) bond motifs is 1. The number of carbonyl (C=O) groups is 1. The van der Waals surface area contributed by atoms with Gasteiger partial charge in [0.2, 0.25) is 15.9 Å². The minimum atomic E-state index is -3.53. The second kappa shape index (κ2) is 5.80. The van der Waals surface area contributed by atoms with Crippen LogP contribution in [0.2, 0.25) is 0 Å². The Morgan fingerprint density at radius 1 is 1.45 bits per heavy atom. The lowest BCUT2D eigenvalue weighted by Gasteiger charge is -2.28. The van der Waals surface area contributed by atoms with Crippen LogP contribution in [0.1, 0.15) is 20.3 Å². The van der Waals surface area contributed by atoms with Gasteiger partial charge in [0.15, 0.2) is 0 Å². The molecule has 0 saturated carbocycles. The molecule has 2 rings (SSSR count). The summed E-state index contributed by atoms with van der Waals surface area (Å²) in [5.74, 6) is 0.333. The van der Waals surface area contributed by atoms with E-state index in [-0.39, 0.29) is 10.8 Å². The zero-order valence-electron chi connectivity index (χ0n) is 11.5. The largest absolute Gasteiger partial charge is 0.489 e. The summed E-state index contributed by atoms with van der Waals surface area (Å²) >= 11 is 0. The monoisotopic (exact) mass is 298 g/mol. The molecule has 0 fully saturated rings. The molecular weight excluding hydrogens is 280 g/mol. The first kappa shape index (κ1) is 14.8. The molecule has 0 bridgehead atoms. The maximum atomic E-state index is 12.0.